The van der Waals surface area contributed by atoms with Crippen LogP contribution in [-0.4, -0.2) is 34.9 Å². The molecular weight excluding hydrogens is 463 g/mol. The Morgan fingerprint density at radius 3 is 2.49 bits per heavy atom. The second kappa shape index (κ2) is 10.4. The lowest BCUT2D eigenvalue weighted by atomic mass is 9.53. The van der Waals surface area contributed by atoms with Gasteiger partial charge < -0.3 is 14.8 Å². The van der Waals surface area contributed by atoms with E-state index in [9.17, 15) is 19.7 Å². The van der Waals surface area contributed by atoms with Gasteiger partial charge in [-0.25, -0.2) is 0 Å². The summed E-state index contributed by atoms with van der Waals surface area (Å²) in [6, 6.07) is 14.4. The minimum absolute atomic E-state index is 0.0244. The summed E-state index contributed by atoms with van der Waals surface area (Å²) >= 11 is 0. The summed E-state index contributed by atoms with van der Waals surface area (Å²) in [6.07, 6.45) is 5.03. The highest BCUT2D eigenvalue weighted by molar-refractivity contribution is 6.43. The van der Waals surface area contributed by atoms with E-state index in [0.717, 1.165) is 24.0 Å². The van der Waals surface area contributed by atoms with Gasteiger partial charge in [0, 0.05) is 23.0 Å². The van der Waals surface area contributed by atoms with E-state index in [2.05, 4.69) is 26.8 Å². The highest BCUT2D eigenvalue weighted by Crippen LogP contribution is 2.52. The minimum atomic E-state index is -0.967. The third kappa shape index (κ3) is 4.85. The van der Waals surface area contributed by atoms with Gasteiger partial charge in [0.05, 0.1) is 6.10 Å². The molecule has 3 aliphatic rings. The zero-order valence-corrected chi connectivity index (χ0v) is 21.8. The molecule has 1 saturated heterocycles. The highest BCUT2D eigenvalue weighted by atomic mass is 16.5. The van der Waals surface area contributed by atoms with Gasteiger partial charge in [0.1, 0.15) is 5.75 Å². The molecule has 37 heavy (non-hydrogen) atoms. The van der Waals surface area contributed by atoms with Crippen molar-refractivity contribution in [1.82, 2.24) is 0 Å². The maximum absolute atomic E-state index is 13.8. The van der Waals surface area contributed by atoms with Crippen molar-refractivity contribution in [2.24, 2.45) is 23.7 Å². The van der Waals surface area contributed by atoms with Crippen LogP contribution in [-0.2, 0) is 4.65 Å². The van der Waals surface area contributed by atoms with Crippen molar-refractivity contribution in [3.8, 4) is 5.75 Å². The molecule has 6 heteroatoms. The number of hydrogen-bond acceptors (Lipinski definition) is 5. The molecule has 2 aliphatic carbocycles. The summed E-state index contributed by atoms with van der Waals surface area (Å²) in [5.74, 6) is -0.495. The Morgan fingerprint density at radius 2 is 1.81 bits per heavy atom. The second-order valence-electron chi connectivity index (χ2n) is 11.0. The first-order chi connectivity index (χ1) is 17.8. The molecule has 0 spiro atoms. The first kappa shape index (κ1) is 25.7. The molecule has 4 atom stereocenters. The predicted octanol–water partition coefficient (Wildman–Crippen LogP) is 6.13. The van der Waals surface area contributed by atoms with Crippen LogP contribution in [0.3, 0.4) is 0 Å². The molecule has 5 nitrogen and oxygen atoms in total. The van der Waals surface area contributed by atoms with Crippen LogP contribution in [0.2, 0.25) is 6.32 Å². The number of hydrogen-bond donors (Lipinski definition) is 2. The van der Waals surface area contributed by atoms with Crippen LogP contribution in [0.5, 0.6) is 5.75 Å². The normalized spacial score (nSPS) is 25.8. The molecule has 1 heterocycles. The molecule has 0 radical (unpaired) electrons. The number of phenolic OH excluding ortho intramolecular Hbond substituents is 1. The zero-order chi connectivity index (χ0) is 26.3. The van der Waals surface area contributed by atoms with E-state index in [1.54, 1.807) is 24.3 Å². The zero-order valence-electron chi connectivity index (χ0n) is 21.8. The first-order valence-electron chi connectivity index (χ1n) is 13.5. The third-order valence-electron chi connectivity index (χ3n) is 8.42. The molecule has 1 aliphatic heterocycles. The highest BCUT2D eigenvalue weighted by Gasteiger charge is 2.53. The summed E-state index contributed by atoms with van der Waals surface area (Å²) < 4.78 is 6.15. The molecule has 192 valence electrons. The predicted molar refractivity (Wildman–Crippen MR) is 145 cm³/mol. The van der Waals surface area contributed by atoms with Gasteiger partial charge in [-0.05, 0) is 67.1 Å². The topological polar surface area (TPSA) is 83.8 Å². The van der Waals surface area contributed by atoms with E-state index in [4.69, 9.17) is 4.65 Å². The summed E-state index contributed by atoms with van der Waals surface area (Å²) in [4.78, 5) is 27.3. The number of phenols is 1. The number of rotatable bonds is 6. The lowest BCUT2D eigenvalue weighted by Gasteiger charge is -2.48. The molecule has 2 N–H and O–H groups in total. The molecule has 2 aromatic carbocycles. The van der Waals surface area contributed by atoms with Crippen molar-refractivity contribution in [3.63, 3.8) is 0 Å². The van der Waals surface area contributed by atoms with E-state index < -0.39 is 13.0 Å². The van der Waals surface area contributed by atoms with Crippen molar-refractivity contribution < 1.29 is 24.4 Å². The standard InChI is InChI=1S/C31H35BO5/c1-4-19(14-20-8-7-9-21(33)15-20)12-13-27-28-24(18(2)3)16-25-29(26(28)17-32(36)37-27)31(35)23-11-6-5-10-22(23)30(25)34/h5-11,14-15,18,25-27,29,33,36H,4,12-13,16-17H2,1-3H3/b19-14+/t25-,26+,27-,29-/m1/s1. The van der Waals surface area contributed by atoms with Crippen LogP contribution >= 0.6 is 0 Å². The Bertz CT molecular complexity index is 1280. The SMILES string of the molecule is CC/C(=C\c1cccc(O)c1)CC[C@H]1OB(O)C[C@H]2C1=C(C(C)C)C[C@H]1C(=O)c3ccccc3C(=O)[C@H]12. The van der Waals surface area contributed by atoms with Crippen LogP contribution in [0.25, 0.3) is 6.08 Å². The quantitative estimate of drug-likeness (QED) is 0.370. The van der Waals surface area contributed by atoms with Gasteiger partial charge in [-0.2, -0.15) is 0 Å². The summed E-state index contributed by atoms with van der Waals surface area (Å²) in [7, 11) is -0.967. The van der Waals surface area contributed by atoms with Crippen molar-refractivity contribution in [1.29, 1.82) is 0 Å². The van der Waals surface area contributed by atoms with Crippen molar-refractivity contribution >= 4 is 24.8 Å². The largest absolute Gasteiger partial charge is 0.508 e. The van der Waals surface area contributed by atoms with Crippen LogP contribution in [0.1, 0.15) is 72.7 Å². The molecule has 0 saturated carbocycles. The van der Waals surface area contributed by atoms with Gasteiger partial charge >= 0.3 is 7.12 Å². The number of Topliss-reactive ketones (excluding diaryl/α,β-unsaturated/α-hetero) is 2. The van der Waals surface area contributed by atoms with E-state index in [1.807, 2.05) is 24.3 Å². The van der Waals surface area contributed by atoms with E-state index in [-0.39, 0.29) is 41.2 Å². The van der Waals surface area contributed by atoms with Crippen molar-refractivity contribution in [3.05, 3.63) is 81.9 Å². The van der Waals surface area contributed by atoms with Gasteiger partial charge in [-0.1, -0.05) is 74.4 Å². The number of carbonyl (C=O) groups is 2. The number of allylic oxidation sites excluding steroid dienone is 2. The fraction of sp³-hybridized carbons (Fsp3) is 0.419. The van der Waals surface area contributed by atoms with Gasteiger partial charge in [-0.3, -0.25) is 9.59 Å². The number of benzene rings is 2. The van der Waals surface area contributed by atoms with Gasteiger partial charge in [0.25, 0.3) is 0 Å². The van der Waals surface area contributed by atoms with E-state index in [0.29, 0.717) is 30.3 Å². The Kier molecular flexibility index (Phi) is 7.24. The fourth-order valence-corrected chi connectivity index (χ4v) is 6.67. The molecule has 0 bridgehead atoms. The Labute approximate surface area is 219 Å². The Balaban J connectivity index is 1.48. The summed E-state index contributed by atoms with van der Waals surface area (Å²) in [6.45, 7) is 6.40. The van der Waals surface area contributed by atoms with Gasteiger partial charge in [0.15, 0.2) is 11.6 Å². The summed E-state index contributed by atoms with van der Waals surface area (Å²) in [5, 5.41) is 20.6. The average molecular weight is 498 g/mol. The number of ketones is 2. The molecule has 0 unspecified atom stereocenters. The van der Waals surface area contributed by atoms with Crippen LogP contribution in [0.4, 0.5) is 0 Å². The lowest BCUT2D eigenvalue weighted by molar-refractivity contribution is 0.0593. The molecule has 1 fully saturated rings. The van der Waals surface area contributed by atoms with Crippen molar-refractivity contribution in [2.45, 2.75) is 58.9 Å². The fourth-order valence-electron chi connectivity index (χ4n) is 6.67. The van der Waals surface area contributed by atoms with Crippen molar-refractivity contribution in [2.75, 3.05) is 0 Å². The second-order valence-corrected chi connectivity index (χ2v) is 11.0. The average Bonchev–Trinajstić information content (AvgIpc) is 2.88. The summed E-state index contributed by atoms with van der Waals surface area (Å²) in [5.41, 5.74) is 5.57. The molecule has 0 amide bonds. The smallest absolute Gasteiger partial charge is 0.455 e. The number of carbonyl (C=O) groups excluding carboxylic acids is 2. The molecule has 2 aromatic rings. The molecule has 5 rings (SSSR count). The van der Waals surface area contributed by atoms with Crippen LogP contribution in [0, 0.1) is 23.7 Å². The van der Waals surface area contributed by atoms with E-state index in [1.165, 1.54) is 11.1 Å². The van der Waals surface area contributed by atoms with Gasteiger partial charge in [-0.15, -0.1) is 0 Å². The third-order valence-corrected chi connectivity index (χ3v) is 8.42. The maximum Gasteiger partial charge on any atom is 0.455 e. The van der Waals surface area contributed by atoms with Crippen LogP contribution in [0.15, 0.2) is 65.3 Å². The number of fused-ring (bicyclic) bond motifs is 4. The first-order valence-corrected chi connectivity index (χ1v) is 13.5. The lowest BCUT2D eigenvalue weighted by Crippen LogP contribution is -2.51. The van der Waals surface area contributed by atoms with E-state index >= 15 is 0 Å². The maximum atomic E-state index is 13.8. The Morgan fingerprint density at radius 1 is 1.08 bits per heavy atom. The number of aromatic hydroxyl groups is 1. The van der Waals surface area contributed by atoms with Crippen LogP contribution < -0.4 is 0 Å². The molecular formula is C31H35BO5. The molecule has 0 aromatic heterocycles. The van der Waals surface area contributed by atoms with Gasteiger partial charge in [0.2, 0.25) is 0 Å². The monoisotopic (exact) mass is 498 g/mol. The minimum Gasteiger partial charge on any atom is -0.508 e. The Hall–Kier alpha value is -2.96.